The van der Waals surface area contributed by atoms with Crippen molar-refractivity contribution < 1.29 is 30.6 Å². The number of benzene rings is 1. The lowest BCUT2D eigenvalue weighted by atomic mass is 10.4. The molecule has 0 amide bonds. The standard InChI is InChI=1S/C14H18N4O3S.ClH/c1-16-8-10-18(14(16)12-15-19)11-9-17(2)22(20,21)13-6-4-3-5-7-13;/h3-8,10,12H,9,11H2,1-2H3;1H. The molecule has 0 fully saturated rings. The molecule has 9 heteroatoms. The topological polar surface area (TPSA) is 78.8 Å². The molecule has 0 spiro atoms. The zero-order chi connectivity index (χ0) is 16.2. The van der Waals surface area contributed by atoms with Crippen LogP contribution in [0.2, 0.25) is 0 Å². The zero-order valence-corrected chi connectivity index (χ0v) is 14.4. The Morgan fingerprint density at radius 2 is 2.00 bits per heavy atom. The number of rotatable bonds is 6. The molecule has 126 valence electrons. The highest BCUT2D eigenvalue weighted by Crippen LogP contribution is 2.13. The summed E-state index contributed by atoms with van der Waals surface area (Å²) in [6.07, 6.45) is 4.92. The van der Waals surface area contributed by atoms with Crippen molar-refractivity contribution in [1.82, 2.24) is 8.87 Å². The van der Waals surface area contributed by atoms with Gasteiger partial charge in [-0.2, -0.15) is 4.31 Å². The first-order valence-electron chi connectivity index (χ1n) is 6.70. The minimum atomic E-state index is -3.50. The minimum Gasteiger partial charge on any atom is -1.00 e. The Morgan fingerprint density at radius 3 is 2.61 bits per heavy atom. The number of hydrogen-bond donors (Lipinski definition) is 1. The molecule has 0 unspecified atom stereocenters. The Bertz CT molecular complexity index is 760. The van der Waals surface area contributed by atoms with Gasteiger partial charge in [-0.05, 0) is 12.1 Å². The van der Waals surface area contributed by atoms with Gasteiger partial charge in [0.05, 0.1) is 18.5 Å². The van der Waals surface area contributed by atoms with Crippen LogP contribution in [0.5, 0.6) is 0 Å². The second kappa shape index (κ2) is 8.09. The van der Waals surface area contributed by atoms with Crippen molar-refractivity contribution in [2.45, 2.75) is 11.4 Å². The monoisotopic (exact) mass is 358 g/mol. The van der Waals surface area contributed by atoms with Crippen LogP contribution < -0.4 is 17.0 Å². The summed E-state index contributed by atoms with van der Waals surface area (Å²) >= 11 is 0. The van der Waals surface area contributed by atoms with Gasteiger partial charge in [-0.25, -0.2) is 17.6 Å². The average molecular weight is 359 g/mol. The lowest BCUT2D eigenvalue weighted by Gasteiger charge is -2.16. The van der Waals surface area contributed by atoms with Crippen molar-refractivity contribution in [1.29, 1.82) is 0 Å². The molecule has 1 aromatic carbocycles. The molecular weight excluding hydrogens is 340 g/mol. The van der Waals surface area contributed by atoms with E-state index in [1.54, 1.807) is 48.1 Å². The number of imidazole rings is 1. The largest absolute Gasteiger partial charge is 1.00 e. The molecule has 23 heavy (non-hydrogen) atoms. The van der Waals surface area contributed by atoms with E-state index in [1.807, 2.05) is 17.8 Å². The number of aryl methyl sites for hydroxylation is 1. The van der Waals surface area contributed by atoms with E-state index in [1.165, 1.54) is 10.5 Å². The maximum atomic E-state index is 12.4. The summed E-state index contributed by atoms with van der Waals surface area (Å²) in [4.78, 5) is 0.271. The lowest BCUT2D eigenvalue weighted by molar-refractivity contribution is -0.671. The molecule has 1 aromatic heterocycles. The van der Waals surface area contributed by atoms with Crippen LogP contribution in [0.3, 0.4) is 0 Å². The van der Waals surface area contributed by atoms with Gasteiger partial charge in [-0.3, -0.25) is 0 Å². The normalized spacial score (nSPS) is 11.8. The molecule has 0 radical (unpaired) electrons. The second-order valence-electron chi connectivity index (χ2n) is 4.84. The average Bonchev–Trinajstić information content (AvgIpc) is 2.87. The van der Waals surface area contributed by atoms with Gasteiger partial charge in [-0.1, -0.05) is 23.4 Å². The van der Waals surface area contributed by atoms with Crippen LogP contribution in [0.4, 0.5) is 0 Å². The Morgan fingerprint density at radius 1 is 1.35 bits per heavy atom. The van der Waals surface area contributed by atoms with Crippen LogP contribution in [-0.2, 0) is 23.6 Å². The summed E-state index contributed by atoms with van der Waals surface area (Å²) in [7, 11) is -0.133. The lowest BCUT2D eigenvalue weighted by Crippen LogP contribution is -3.00. The van der Waals surface area contributed by atoms with Crippen LogP contribution in [-0.4, -0.2) is 42.3 Å². The van der Waals surface area contributed by atoms with E-state index in [-0.39, 0.29) is 17.3 Å². The molecule has 2 aromatic rings. The van der Waals surface area contributed by atoms with Crippen molar-refractivity contribution in [2.24, 2.45) is 12.2 Å². The summed E-state index contributed by atoms with van der Waals surface area (Å²) < 4.78 is 29.7. The van der Waals surface area contributed by atoms with Gasteiger partial charge in [-0.15, -0.1) is 0 Å². The Labute approximate surface area is 141 Å². The second-order valence-corrected chi connectivity index (χ2v) is 6.89. The predicted octanol–water partition coefficient (Wildman–Crippen LogP) is -2.55. The smallest absolute Gasteiger partial charge is 0.303 e. The van der Waals surface area contributed by atoms with E-state index in [4.69, 9.17) is 5.21 Å². The molecule has 0 saturated carbocycles. The third-order valence-electron chi connectivity index (χ3n) is 3.41. The van der Waals surface area contributed by atoms with Gasteiger partial charge < -0.3 is 17.6 Å². The number of sulfonamides is 1. The fourth-order valence-corrected chi connectivity index (χ4v) is 3.27. The third-order valence-corrected chi connectivity index (χ3v) is 5.28. The molecule has 0 saturated heterocycles. The van der Waals surface area contributed by atoms with E-state index in [2.05, 4.69) is 5.16 Å². The molecular formula is C14H19ClN4O3S. The molecule has 0 aliphatic carbocycles. The molecule has 1 N–H and O–H groups in total. The highest BCUT2D eigenvalue weighted by Gasteiger charge is 2.21. The Kier molecular flexibility index (Phi) is 6.74. The molecule has 0 bridgehead atoms. The summed E-state index contributed by atoms with van der Waals surface area (Å²) in [5.74, 6) is 0.674. The highest BCUT2D eigenvalue weighted by atomic mass is 35.5. The van der Waals surface area contributed by atoms with Gasteiger partial charge in [0.1, 0.15) is 18.9 Å². The van der Waals surface area contributed by atoms with Crippen LogP contribution in [0, 0.1) is 0 Å². The quantitative estimate of drug-likeness (QED) is 0.267. The van der Waals surface area contributed by atoms with Crippen LogP contribution in [0.25, 0.3) is 0 Å². The first-order valence-corrected chi connectivity index (χ1v) is 8.14. The van der Waals surface area contributed by atoms with E-state index < -0.39 is 10.0 Å². The molecule has 0 atom stereocenters. The van der Waals surface area contributed by atoms with Crippen molar-refractivity contribution in [2.75, 3.05) is 13.6 Å². The third kappa shape index (κ3) is 4.31. The van der Waals surface area contributed by atoms with E-state index in [9.17, 15) is 8.42 Å². The number of oxime groups is 1. The van der Waals surface area contributed by atoms with Gasteiger partial charge in [0.25, 0.3) is 0 Å². The maximum Gasteiger partial charge on any atom is 0.303 e. The summed E-state index contributed by atoms with van der Waals surface area (Å²) in [6.45, 7) is 0.753. The van der Waals surface area contributed by atoms with Crippen molar-refractivity contribution in [3.05, 3.63) is 48.5 Å². The Hall–Kier alpha value is -1.90. The van der Waals surface area contributed by atoms with E-state index >= 15 is 0 Å². The summed E-state index contributed by atoms with van der Waals surface area (Å²) in [5.41, 5.74) is 0. The number of halogens is 1. The number of hydrogen-bond acceptors (Lipinski definition) is 4. The highest BCUT2D eigenvalue weighted by molar-refractivity contribution is 7.89. The van der Waals surface area contributed by atoms with Crippen molar-refractivity contribution in [3.8, 4) is 0 Å². The van der Waals surface area contributed by atoms with E-state index in [0.717, 1.165) is 0 Å². The molecule has 0 aliphatic heterocycles. The van der Waals surface area contributed by atoms with Crippen LogP contribution in [0.1, 0.15) is 5.82 Å². The molecule has 2 rings (SSSR count). The number of aromatic nitrogens is 2. The fourth-order valence-electron chi connectivity index (χ4n) is 2.08. The summed E-state index contributed by atoms with van der Waals surface area (Å²) in [6, 6.07) is 8.32. The van der Waals surface area contributed by atoms with Crippen LogP contribution >= 0.6 is 0 Å². The van der Waals surface area contributed by atoms with Gasteiger partial charge in [0.15, 0.2) is 6.21 Å². The Balaban J connectivity index is 0.00000264. The van der Waals surface area contributed by atoms with Crippen molar-refractivity contribution >= 4 is 16.2 Å². The fraction of sp³-hybridized carbons (Fsp3) is 0.286. The predicted molar refractivity (Wildman–Crippen MR) is 81.2 cm³/mol. The molecule has 0 aliphatic rings. The zero-order valence-electron chi connectivity index (χ0n) is 12.9. The molecule has 1 heterocycles. The first-order chi connectivity index (χ1) is 10.5. The summed E-state index contributed by atoms with van der Waals surface area (Å²) in [5, 5.41) is 11.7. The van der Waals surface area contributed by atoms with Gasteiger partial charge in [0, 0.05) is 7.05 Å². The van der Waals surface area contributed by atoms with Crippen molar-refractivity contribution in [3.63, 3.8) is 0 Å². The van der Waals surface area contributed by atoms with Gasteiger partial charge in [0.2, 0.25) is 10.0 Å². The number of nitrogens with zero attached hydrogens (tertiary/aromatic N) is 4. The SMILES string of the molecule is CN(CCn1cc[n+](C)c1/C=N/O)S(=O)(=O)c1ccccc1.[Cl-]. The molecule has 7 nitrogen and oxygen atoms in total. The van der Waals surface area contributed by atoms with Gasteiger partial charge >= 0.3 is 5.82 Å². The van der Waals surface area contributed by atoms with E-state index in [0.29, 0.717) is 18.9 Å². The first kappa shape index (κ1) is 19.1. The van der Waals surface area contributed by atoms with Crippen LogP contribution in [0.15, 0.2) is 52.8 Å². The maximum absolute atomic E-state index is 12.4. The minimum absolute atomic E-state index is 0. The number of likely N-dealkylation sites (N-methyl/N-ethyl adjacent to an activating group) is 1.